The van der Waals surface area contributed by atoms with Gasteiger partial charge in [0.25, 0.3) is 0 Å². The summed E-state index contributed by atoms with van der Waals surface area (Å²) in [6.45, 7) is 10.2. The molecule has 0 bridgehead atoms. The Labute approximate surface area is 117 Å². The van der Waals surface area contributed by atoms with Crippen LogP contribution in [0.3, 0.4) is 0 Å². The van der Waals surface area contributed by atoms with Crippen LogP contribution in [0.25, 0.3) is 11.4 Å². The molecule has 0 aliphatic rings. The number of benzene rings is 1. The van der Waals surface area contributed by atoms with Gasteiger partial charge in [-0.2, -0.15) is 4.98 Å². The summed E-state index contributed by atoms with van der Waals surface area (Å²) in [6, 6.07) is 6.03. The first-order valence-electron chi connectivity index (χ1n) is 6.53. The molecule has 106 valence electrons. The van der Waals surface area contributed by atoms with Gasteiger partial charge in [-0.1, -0.05) is 24.2 Å². The second-order valence-corrected chi connectivity index (χ2v) is 4.78. The Morgan fingerprint density at radius 2 is 2.05 bits per heavy atom. The highest BCUT2D eigenvalue weighted by Crippen LogP contribution is 2.16. The standard InChI is InChI=1S/C15H18FN3O/c1-4-19(9-11(2)3)10-14-17-15(18-20-14)12-5-7-13(16)8-6-12/h5-8H,2,4,9-10H2,1,3H3. The van der Waals surface area contributed by atoms with E-state index < -0.39 is 0 Å². The second-order valence-electron chi connectivity index (χ2n) is 4.78. The molecule has 0 fully saturated rings. The van der Waals surface area contributed by atoms with Crippen LogP contribution in [0.5, 0.6) is 0 Å². The maximum absolute atomic E-state index is 12.9. The van der Waals surface area contributed by atoms with Crippen molar-refractivity contribution in [2.45, 2.75) is 20.4 Å². The Balaban J connectivity index is 2.08. The van der Waals surface area contributed by atoms with Gasteiger partial charge < -0.3 is 4.52 Å². The molecule has 0 amide bonds. The quantitative estimate of drug-likeness (QED) is 0.759. The lowest BCUT2D eigenvalue weighted by Crippen LogP contribution is -2.24. The van der Waals surface area contributed by atoms with Crippen LogP contribution < -0.4 is 0 Å². The van der Waals surface area contributed by atoms with Crippen LogP contribution in [0.2, 0.25) is 0 Å². The van der Waals surface area contributed by atoms with Gasteiger partial charge in [0.1, 0.15) is 5.82 Å². The number of hydrogen-bond acceptors (Lipinski definition) is 4. The van der Waals surface area contributed by atoms with Crippen molar-refractivity contribution in [3.8, 4) is 11.4 Å². The highest BCUT2D eigenvalue weighted by molar-refractivity contribution is 5.53. The Hall–Kier alpha value is -2.01. The first-order valence-corrected chi connectivity index (χ1v) is 6.53. The summed E-state index contributed by atoms with van der Waals surface area (Å²) >= 11 is 0. The fraction of sp³-hybridized carbons (Fsp3) is 0.333. The molecule has 0 unspecified atom stereocenters. The summed E-state index contributed by atoms with van der Waals surface area (Å²) in [4.78, 5) is 6.49. The van der Waals surface area contributed by atoms with E-state index in [1.54, 1.807) is 12.1 Å². The third-order valence-corrected chi connectivity index (χ3v) is 2.87. The van der Waals surface area contributed by atoms with Gasteiger partial charge in [-0.15, -0.1) is 0 Å². The van der Waals surface area contributed by atoms with E-state index in [1.165, 1.54) is 12.1 Å². The molecule has 20 heavy (non-hydrogen) atoms. The molecule has 1 aromatic heterocycles. The Morgan fingerprint density at radius 1 is 1.35 bits per heavy atom. The van der Waals surface area contributed by atoms with Gasteiger partial charge in [0.15, 0.2) is 0 Å². The molecule has 0 saturated heterocycles. The lowest BCUT2D eigenvalue weighted by Gasteiger charge is -2.17. The average molecular weight is 275 g/mol. The summed E-state index contributed by atoms with van der Waals surface area (Å²) in [5.74, 6) is 0.745. The van der Waals surface area contributed by atoms with Crippen molar-refractivity contribution in [1.82, 2.24) is 15.0 Å². The second kappa shape index (κ2) is 6.43. The van der Waals surface area contributed by atoms with Crippen molar-refractivity contribution in [1.29, 1.82) is 0 Å². The number of hydrogen-bond donors (Lipinski definition) is 0. The van der Waals surface area contributed by atoms with Gasteiger partial charge in [-0.3, -0.25) is 4.90 Å². The molecule has 1 heterocycles. The van der Waals surface area contributed by atoms with Crippen LogP contribution in [0.4, 0.5) is 4.39 Å². The van der Waals surface area contributed by atoms with E-state index in [0.717, 1.165) is 24.2 Å². The predicted molar refractivity (Wildman–Crippen MR) is 75.5 cm³/mol. The number of aromatic nitrogens is 2. The molecule has 2 aromatic rings. The fourth-order valence-electron chi connectivity index (χ4n) is 1.89. The molecule has 2 rings (SSSR count). The number of halogens is 1. The lowest BCUT2D eigenvalue weighted by molar-refractivity contribution is 0.252. The minimum Gasteiger partial charge on any atom is -0.338 e. The first-order chi connectivity index (χ1) is 9.58. The van der Waals surface area contributed by atoms with Crippen molar-refractivity contribution >= 4 is 0 Å². The molecule has 0 saturated carbocycles. The third kappa shape index (κ3) is 3.74. The zero-order chi connectivity index (χ0) is 14.5. The summed E-state index contributed by atoms with van der Waals surface area (Å²) in [7, 11) is 0. The molecular formula is C15H18FN3O. The van der Waals surface area contributed by atoms with E-state index in [4.69, 9.17) is 4.52 Å². The van der Waals surface area contributed by atoms with Crippen LogP contribution in [0.15, 0.2) is 40.9 Å². The lowest BCUT2D eigenvalue weighted by atomic mass is 10.2. The Bertz CT molecular complexity index is 577. The topological polar surface area (TPSA) is 42.2 Å². The van der Waals surface area contributed by atoms with E-state index in [-0.39, 0.29) is 5.82 Å². The summed E-state index contributed by atoms with van der Waals surface area (Å²) in [6.07, 6.45) is 0. The van der Waals surface area contributed by atoms with E-state index in [9.17, 15) is 4.39 Å². The third-order valence-electron chi connectivity index (χ3n) is 2.87. The highest BCUT2D eigenvalue weighted by atomic mass is 19.1. The Morgan fingerprint density at radius 3 is 2.65 bits per heavy atom. The SMILES string of the molecule is C=C(C)CN(CC)Cc1nc(-c2ccc(F)cc2)no1. The molecule has 5 heteroatoms. The monoisotopic (exact) mass is 275 g/mol. The van der Waals surface area contributed by atoms with Crippen molar-refractivity contribution < 1.29 is 8.91 Å². The molecule has 0 aliphatic carbocycles. The summed E-state index contributed by atoms with van der Waals surface area (Å²) < 4.78 is 18.1. The van der Waals surface area contributed by atoms with Gasteiger partial charge in [0, 0.05) is 12.1 Å². The highest BCUT2D eigenvalue weighted by Gasteiger charge is 2.12. The van der Waals surface area contributed by atoms with Gasteiger partial charge >= 0.3 is 0 Å². The van der Waals surface area contributed by atoms with Gasteiger partial charge in [-0.25, -0.2) is 4.39 Å². The first kappa shape index (κ1) is 14.4. The summed E-state index contributed by atoms with van der Waals surface area (Å²) in [5, 5.41) is 3.92. The Kier molecular flexibility index (Phi) is 4.63. The number of rotatable bonds is 6. The average Bonchev–Trinajstić information content (AvgIpc) is 2.87. The van der Waals surface area contributed by atoms with Crippen molar-refractivity contribution in [3.63, 3.8) is 0 Å². The van der Waals surface area contributed by atoms with Crippen molar-refractivity contribution in [3.05, 3.63) is 48.1 Å². The van der Waals surface area contributed by atoms with Crippen LogP contribution in [0, 0.1) is 5.82 Å². The molecule has 4 nitrogen and oxygen atoms in total. The predicted octanol–water partition coefficient (Wildman–Crippen LogP) is 3.27. The van der Waals surface area contributed by atoms with Crippen LogP contribution in [-0.4, -0.2) is 28.1 Å². The minimum atomic E-state index is -0.281. The summed E-state index contributed by atoms with van der Waals surface area (Å²) in [5.41, 5.74) is 1.83. The maximum Gasteiger partial charge on any atom is 0.241 e. The van der Waals surface area contributed by atoms with E-state index in [2.05, 4.69) is 28.5 Å². The van der Waals surface area contributed by atoms with E-state index in [1.807, 2.05) is 6.92 Å². The van der Waals surface area contributed by atoms with Crippen LogP contribution >= 0.6 is 0 Å². The van der Waals surface area contributed by atoms with Gasteiger partial charge in [0.05, 0.1) is 6.54 Å². The zero-order valence-corrected chi connectivity index (χ0v) is 11.8. The molecule has 0 spiro atoms. The number of nitrogens with zero attached hydrogens (tertiary/aromatic N) is 3. The van der Waals surface area contributed by atoms with Gasteiger partial charge in [0.2, 0.25) is 11.7 Å². The molecule has 0 atom stereocenters. The van der Waals surface area contributed by atoms with Gasteiger partial charge in [-0.05, 0) is 37.7 Å². The van der Waals surface area contributed by atoms with Crippen molar-refractivity contribution in [2.75, 3.05) is 13.1 Å². The molecule has 1 aromatic carbocycles. The van der Waals surface area contributed by atoms with Crippen LogP contribution in [-0.2, 0) is 6.54 Å². The smallest absolute Gasteiger partial charge is 0.241 e. The normalized spacial score (nSPS) is 11.0. The molecule has 0 N–H and O–H groups in total. The fourth-order valence-corrected chi connectivity index (χ4v) is 1.89. The van der Waals surface area contributed by atoms with Crippen molar-refractivity contribution in [2.24, 2.45) is 0 Å². The molecular weight excluding hydrogens is 257 g/mol. The molecule has 0 aliphatic heterocycles. The molecule has 0 radical (unpaired) electrons. The zero-order valence-electron chi connectivity index (χ0n) is 11.8. The minimum absolute atomic E-state index is 0.281. The van der Waals surface area contributed by atoms with E-state index >= 15 is 0 Å². The maximum atomic E-state index is 12.9. The van der Waals surface area contributed by atoms with E-state index in [0.29, 0.717) is 18.3 Å². The van der Waals surface area contributed by atoms with Crippen LogP contribution in [0.1, 0.15) is 19.7 Å². The largest absolute Gasteiger partial charge is 0.338 e. The number of likely N-dealkylation sites (N-methyl/N-ethyl adjacent to an activating group) is 1.